The number of hydrogen-bond donors (Lipinski definition) is 2. The van der Waals surface area contributed by atoms with Crippen molar-refractivity contribution in [1.29, 1.82) is 0 Å². The van der Waals surface area contributed by atoms with Crippen molar-refractivity contribution in [2.45, 2.75) is 19.4 Å². The highest BCUT2D eigenvalue weighted by atomic mass is 35.5. The zero-order valence-electron chi connectivity index (χ0n) is 12.8. The highest BCUT2D eigenvalue weighted by molar-refractivity contribution is 6.30. The van der Waals surface area contributed by atoms with E-state index in [2.05, 4.69) is 10.6 Å². The van der Waals surface area contributed by atoms with Gasteiger partial charge < -0.3 is 10.6 Å². The van der Waals surface area contributed by atoms with E-state index in [-0.39, 0.29) is 24.2 Å². The maximum absolute atomic E-state index is 12.9. The Kier molecular flexibility index (Phi) is 4.53. The number of anilines is 1. The lowest BCUT2D eigenvalue weighted by Gasteiger charge is -2.15. The summed E-state index contributed by atoms with van der Waals surface area (Å²) < 4.78 is 12.9. The van der Waals surface area contributed by atoms with Gasteiger partial charge in [-0.1, -0.05) is 23.7 Å². The second-order valence-electron chi connectivity index (χ2n) is 5.85. The molecule has 2 N–H and O–H groups in total. The summed E-state index contributed by atoms with van der Waals surface area (Å²) >= 11 is 5.81. The molecule has 24 heavy (non-hydrogen) atoms. The lowest BCUT2D eigenvalue weighted by Crippen LogP contribution is -2.39. The summed E-state index contributed by atoms with van der Waals surface area (Å²) in [4.78, 5) is 24.8. The molecule has 0 aromatic heterocycles. The molecule has 0 spiro atoms. The molecule has 0 aliphatic heterocycles. The van der Waals surface area contributed by atoms with Crippen molar-refractivity contribution < 1.29 is 14.0 Å². The number of halogens is 2. The Morgan fingerprint density at radius 3 is 2.21 bits per heavy atom. The standard InChI is InChI=1S/C18H16ClFN2O2/c19-13-3-7-15(8-4-13)22-17(24)18(9-10-18)16(23)21-11-12-1-5-14(20)6-2-12/h1-8H,9-11H2,(H,21,23)(H,22,24). The van der Waals surface area contributed by atoms with Crippen LogP contribution < -0.4 is 10.6 Å². The van der Waals surface area contributed by atoms with E-state index < -0.39 is 5.41 Å². The van der Waals surface area contributed by atoms with Gasteiger partial charge in [0.25, 0.3) is 0 Å². The molecule has 0 atom stereocenters. The first-order valence-electron chi connectivity index (χ1n) is 7.59. The molecule has 3 rings (SSSR count). The van der Waals surface area contributed by atoms with E-state index >= 15 is 0 Å². The zero-order chi connectivity index (χ0) is 17.2. The number of hydrogen-bond acceptors (Lipinski definition) is 2. The van der Waals surface area contributed by atoms with Crippen molar-refractivity contribution in [3.63, 3.8) is 0 Å². The van der Waals surface area contributed by atoms with Crippen LogP contribution in [-0.4, -0.2) is 11.8 Å². The molecular weight excluding hydrogens is 331 g/mol. The summed E-state index contributed by atoms with van der Waals surface area (Å²) in [6.45, 7) is 0.259. The number of carbonyl (C=O) groups excluding carboxylic acids is 2. The van der Waals surface area contributed by atoms with Gasteiger partial charge in [0.1, 0.15) is 11.2 Å². The Hall–Kier alpha value is -2.40. The Balaban J connectivity index is 1.60. The summed E-state index contributed by atoms with van der Waals surface area (Å²) in [5.74, 6) is -0.953. The highest BCUT2D eigenvalue weighted by Crippen LogP contribution is 2.46. The van der Waals surface area contributed by atoms with Crippen molar-refractivity contribution >= 4 is 29.1 Å². The van der Waals surface area contributed by atoms with Crippen LogP contribution in [0.4, 0.5) is 10.1 Å². The van der Waals surface area contributed by atoms with Crippen LogP contribution in [0.2, 0.25) is 5.02 Å². The fraction of sp³-hybridized carbons (Fsp3) is 0.222. The maximum Gasteiger partial charge on any atom is 0.240 e. The molecule has 1 fully saturated rings. The molecule has 1 aliphatic rings. The Bertz CT molecular complexity index is 756. The maximum atomic E-state index is 12.9. The molecule has 2 amide bonds. The van der Waals surface area contributed by atoms with Gasteiger partial charge in [0.05, 0.1) is 0 Å². The zero-order valence-corrected chi connectivity index (χ0v) is 13.6. The minimum Gasteiger partial charge on any atom is -0.351 e. The summed E-state index contributed by atoms with van der Waals surface area (Å²) in [6.07, 6.45) is 1.03. The number of benzene rings is 2. The summed E-state index contributed by atoms with van der Waals surface area (Å²) in [6, 6.07) is 12.6. The van der Waals surface area contributed by atoms with Gasteiger partial charge in [0.2, 0.25) is 11.8 Å². The van der Waals surface area contributed by atoms with Crippen LogP contribution in [0.3, 0.4) is 0 Å². The largest absolute Gasteiger partial charge is 0.351 e. The minimum atomic E-state index is -1.01. The number of nitrogens with one attached hydrogen (secondary N) is 2. The average molecular weight is 347 g/mol. The van der Waals surface area contributed by atoms with Gasteiger partial charge in [-0.25, -0.2) is 4.39 Å². The minimum absolute atomic E-state index is 0.259. The Labute approximate surface area is 144 Å². The molecule has 6 heteroatoms. The van der Waals surface area contributed by atoms with Gasteiger partial charge in [0.15, 0.2) is 0 Å². The van der Waals surface area contributed by atoms with E-state index in [0.29, 0.717) is 23.6 Å². The fourth-order valence-corrected chi connectivity index (χ4v) is 2.55. The quantitative estimate of drug-likeness (QED) is 0.814. The lowest BCUT2D eigenvalue weighted by atomic mass is 10.0. The first-order valence-corrected chi connectivity index (χ1v) is 7.97. The molecule has 1 saturated carbocycles. The first-order chi connectivity index (χ1) is 11.5. The first kappa shape index (κ1) is 16.5. The van der Waals surface area contributed by atoms with E-state index in [9.17, 15) is 14.0 Å². The van der Waals surface area contributed by atoms with Crippen molar-refractivity contribution in [3.05, 3.63) is 64.9 Å². The van der Waals surface area contributed by atoms with Gasteiger partial charge in [-0.3, -0.25) is 9.59 Å². The molecule has 0 saturated heterocycles. The normalized spacial score (nSPS) is 14.8. The van der Waals surface area contributed by atoms with Crippen molar-refractivity contribution in [3.8, 4) is 0 Å². The van der Waals surface area contributed by atoms with Crippen LogP contribution >= 0.6 is 11.6 Å². The molecule has 0 heterocycles. The second-order valence-corrected chi connectivity index (χ2v) is 6.29. The highest BCUT2D eigenvalue weighted by Gasteiger charge is 2.56. The number of rotatable bonds is 5. The number of amides is 2. The average Bonchev–Trinajstić information content (AvgIpc) is 3.38. The Morgan fingerprint density at radius 1 is 1.00 bits per heavy atom. The van der Waals surface area contributed by atoms with Gasteiger partial charge in [-0.05, 0) is 54.8 Å². The molecule has 4 nitrogen and oxygen atoms in total. The summed E-state index contributed by atoms with van der Waals surface area (Å²) in [5, 5.41) is 6.08. The Morgan fingerprint density at radius 2 is 1.62 bits per heavy atom. The van der Waals surface area contributed by atoms with Crippen LogP contribution in [0.25, 0.3) is 0 Å². The smallest absolute Gasteiger partial charge is 0.240 e. The second kappa shape index (κ2) is 6.61. The SMILES string of the molecule is O=C(NCc1ccc(F)cc1)C1(C(=O)Nc2ccc(Cl)cc2)CC1. The van der Waals surface area contributed by atoms with Crippen LogP contribution in [0.15, 0.2) is 48.5 Å². The lowest BCUT2D eigenvalue weighted by molar-refractivity contribution is -0.134. The monoisotopic (exact) mass is 346 g/mol. The van der Waals surface area contributed by atoms with E-state index in [0.717, 1.165) is 5.56 Å². The van der Waals surface area contributed by atoms with E-state index in [1.165, 1.54) is 12.1 Å². The van der Waals surface area contributed by atoms with E-state index in [4.69, 9.17) is 11.6 Å². The third kappa shape index (κ3) is 3.57. The predicted octanol–water partition coefficient (Wildman–Crippen LogP) is 3.51. The van der Waals surface area contributed by atoms with Crippen LogP contribution in [0.5, 0.6) is 0 Å². The van der Waals surface area contributed by atoms with Crippen LogP contribution in [0.1, 0.15) is 18.4 Å². The van der Waals surface area contributed by atoms with E-state index in [1.807, 2.05) is 0 Å². The predicted molar refractivity (Wildman–Crippen MR) is 90.0 cm³/mol. The molecule has 2 aromatic rings. The molecule has 0 radical (unpaired) electrons. The number of carbonyl (C=O) groups is 2. The van der Waals surface area contributed by atoms with Crippen LogP contribution in [-0.2, 0) is 16.1 Å². The van der Waals surface area contributed by atoms with Crippen molar-refractivity contribution in [2.75, 3.05) is 5.32 Å². The molecule has 124 valence electrons. The molecule has 0 bridgehead atoms. The summed E-state index contributed by atoms with van der Waals surface area (Å²) in [5.41, 5.74) is 0.361. The van der Waals surface area contributed by atoms with Gasteiger partial charge in [-0.15, -0.1) is 0 Å². The van der Waals surface area contributed by atoms with Gasteiger partial charge >= 0.3 is 0 Å². The molecule has 2 aromatic carbocycles. The summed E-state index contributed by atoms with van der Waals surface area (Å²) in [7, 11) is 0. The topological polar surface area (TPSA) is 58.2 Å². The van der Waals surface area contributed by atoms with E-state index in [1.54, 1.807) is 36.4 Å². The third-order valence-corrected chi connectivity index (χ3v) is 4.34. The fourth-order valence-electron chi connectivity index (χ4n) is 2.42. The van der Waals surface area contributed by atoms with Crippen molar-refractivity contribution in [2.24, 2.45) is 5.41 Å². The van der Waals surface area contributed by atoms with Crippen molar-refractivity contribution in [1.82, 2.24) is 5.32 Å². The molecule has 1 aliphatic carbocycles. The van der Waals surface area contributed by atoms with Gasteiger partial charge in [0, 0.05) is 17.3 Å². The van der Waals surface area contributed by atoms with Crippen LogP contribution in [0, 0.1) is 11.2 Å². The molecular formula is C18H16ClFN2O2. The molecule has 0 unspecified atom stereocenters. The van der Waals surface area contributed by atoms with Gasteiger partial charge in [-0.2, -0.15) is 0 Å². The third-order valence-electron chi connectivity index (χ3n) is 4.09.